The molecule has 4 rings (SSSR count). The number of hydrogen-bond acceptors (Lipinski definition) is 6. The molecule has 0 fully saturated rings. The van der Waals surface area contributed by atoms with Gasteiger partial charge in [0, 0.05) is 22.9 Å². The molecule has 7 heteroatoms. The van der Waals surface area contributed by atoms with Crippen molar-refractivity contribution in [2.24, 2.45) is 0 Å². The molecule has 0 saturated heterocycles. The quantitative estimate of drug-likeness (QED) is 0.702. The molecule has 0 radical (unpaired) electrons. The van der Waals surface area contributed by atoms with Crippen LogP contribution < -0.4 is 30.1 Å². The van der Waals surface area contributed by atoms with Crippen LogP contribution in [0.15, 0.2) is 29.1 Å². The van der Waals surface area contributed by atoms with Crippen LogP contribution in [0.3, 0.4) is 0 Å². The normalized spacial score (nSPS) is 12.4. The minimum Gasteiger partial charge on any atom is -0.493 e. The van der Waals surface area contributed by atoms with Crippen LogP contribution in [0.5, 0.6) is 23.0 Å². The lowest BCUT2D eigenvalue weighted by Gasteiger charge is -2.15. The molecule has 2 aromatic carbocycles. The summed E-state index contributed by atoms with van der Waals surface area (Å²) in [4.78, 5) is 16.4. The average molecular weight is 354 g/mol. The second-order valence-corrected chi connectivity index (χ2v) is 5.97. The Hall–Kier alpha value is -3.35. The molecule has 0 spiro atoms. The Balaban J connectivity index is 2.02. The predicted octanol–water partition coefficient (Wildman–Crippen LogP) is 2.83. The smallest absolute Gasteiger partial charge is 0.231 e. The number of aromatic amines is 1. The van der Waals surface area contributed by atoms with Crippen LogP contribution in [0.25, 0.3) is 22.2 Å². The summed E-state index contributed by atoms with van der Waals surface area (Å²) in [6.45, 7) is 1.90. The molecular weight excluding hydrogens is 336 g/mol. The Kier molecular flexibility index (Phi) is 3.64. The van der Waals surface area contributed by atoms with Crippen LogP contribution in [0.1, 0.15) is 5.56 Å². The van der Waals surface area contributed by atoms with E-state index in [4.69, 9.17) is 24.7 Å². The third-order valence-corrected chi connectivity index (χ3v) is 4.56. The molecule has 134 valence electrons. The number of H-pyrrole nitrogens is 1. The third-order valence-electron chi connectivity index (χ3n) is 4.56. The van der Waals surface area contributed by atoms with Gasteiger partial charge in [0.25, 0.3) is 0 Å². The van der Waals surface area contributed by atoms with Crippen LogP contribution in [-0.2, 0) is 0 Å². The zero-order valence-corrected chi connectivity index (χ0v) is 14.6. The Morgan fingerprint density at radius 3 is 2.54 bits per heavy atom. The molecule has 2 heterocycles. The largest absolute Gasteiger partial charge is 0.493 e. The van der Waals surface area contributed by atoms with Gasteiger partial charge >= 0.3 is 0 Å². The summed E-state index contributed by atoms with van der Waals surface area (Å²) >= 11 is 0. The summed E-state index contributed by atoms with van der Waals surface area (Å²) in [7, 11) is 3.04. The highest BCUT2D eigenvalue weighted by Gasteiger charge is 2.21. The van der Waals surface area contributed by atoms with Gasteiger partial charge in [-0.05, 0) is 25.1 Å². The highest BCUT2D eigenvalue weighted by Crippen LogP contribution is 2.41. The van der Waals surface area contributed by atoms with Gasteiger partial charge in [0.2, 0.25) is 6.79 Å². The molecule has 0 saturated carbocycles. The van der Waals surface area contributed by atoms with Gasteiger partial charge < -0.3 is 29.7 Å². The number of pyridine rings is 1. The summed E-state index contributed by atoms with van der Waals surface area (Å²) < 4.78 is 21.5. The highest BCUT2D eigenvalue weighted by molar-refractivity contribution is 5.92. The maximum atomic E-state index is 13.1. The zero-order chi connectivity index (χ0) is 18.4. The number of fused-ring (bicyclic) bond motifs is 2. The fourth-order valence-corrected chi connectivity index (χ4v) is 3.23. The molecule has 0 unspecified atom stereocenters. The van der Waals surface area contributed by atoms with E-state index < -0.39 is 0 Å². The van der Waals surface area contributed by atoms with Gasteiger partial charge in [-0.3, -0.25) is 4.79 Å². The summed E-state index contributed by atoms with van der Waals surface area (Å²) in [5.74, 6) is 2.10. The lowest BCUT2D eigenvalue weighted by atomic mass is 10.0. The van der Waals surface area contributed by atoms with Gasteiger partial charge in [-0.15, -0.1) is 0 Å². The van der Waals surface area contributed by atoms with Crippen LogP contribution in [0, 0.1) is 6.92 Å². The molecule has 0 bridgehead atoms. The van der Waals surface area contributed by atoms with Crippen molar-refractivity contribution in [2.45, 2.75) is 6.92 Å². The number of anilines is 1. The number of nitrogen functional groups attached to an aromatic ring is 1. The number of nitrogens with one attached hydrogen (secondary N) is 1. The molecule has 1 aliphatic rings. The first-order valence-electron chi connectivity index (χ1n) is 8.02. The topological polar surface area (TPSA) is 95.8 Å². The minimum absolute atomic E-state index is 0.151. The van der Waals surface area contributed by atoms with Gasteiger partial charge in [-0.1, -0.05) is 0 Å². The van der Waals surface area contributed by atoms with Gasteiger partial charge in [0.1, 0.15) is 0 Å². The van der Waals surface area contributed by atoms with E-state index in [1.165, 1.54) is 14.2 Å². The van der Waals surface area contributed by atoms with E-state index >= 15 is 0 Å². The molecule has 1 aromatic heterocycles. The van der Waals surface area contributed by atoms with E-state index in [1.807, 2.05) is 0 Å². The number of benzene rings is 2. The molecule has 0 amide bonds. The Morgan fingerprint density at radius 1 is 1.12 bits per heavy atom. The van der Waals surface area contributed by atoms with Crippen LogP contribution in [0.2, 0.25) is 0 Å². The maximum absolute atomic E-state index is 13.1. The molecular formula is C19H18N2O5. The van der Waals surface area contributed by atoms with E-state index in [9.17, 15) is 4.79 Å². The number of hydrogen-bond donors (Lipinski definition) is 2. The summed E-state index contributed by atoms with van der Waals surface area (Å²) in [6, 6.07) is 7.01. The lowest BCUT2D eigenvalue weighted by Crippen LogP contribution is -2.11. The molecule has 0 aliphatic carbocycles. The molecule has 7 nitrogen and oxygen atoms in total. The predicted molar refractivity (Wildman–Crippen MR) is 98.4 cm³/mol. The van der Waals surface area contributed by atoms with Crippen LogP contribution in [-0.4, -0.2) is 26.0 Å². The first kappa shape index (κ1) is 16.1. The molecule has 3 aromatic rings. The summed E-state index contributed by atoms with van der Waals surface area (Å²) in [6.07, 6.45) is 0. The second-order valence-electron chi connectivity index (χ2n) is 5.97. The van der Waals surface area contributed by atoms with Crippen molar-refractivity contribution in [3.05, 3.63) is 40.1 Å². The Bertz CT molecular complexity index is 1090. The van der Waals surface area contributed by atoms with Crippen molar-refractivity contribution in [1.82, 2.24) is 4.98 Å². The molecule has 3 N–H and O–H groups in total. The summed E-state index contributed by atoms with van der Waals surface area (Å²) in [5, 5.41) is 0.437. The van der Waals surface area contributed by atoms with E-state index in [0.717, 1.165) is 0 Å². The van der Waals surface area contributed by atoms with Crippen molar-refractivity contribution in [2.75, 3.05) is 26.7 Å². The number of ether oxygens (including phenoxy) is 4. The zero-order valence-electron chi connectivity index (χ0n) is 14.6. The standard InChI is InChI=1S/C19H18N2O5/c1-9-17(10-6-14-15(7-11(10)20)26-8-25-14)21-12-4-5-13(23-2)19(24-3)16(12)18(9)22/h4-7H,8,20H2,1-3H3,(H,21,22). The SMILES string of the molecule is COc1ccc2[nH]c(-c3cc4c(cc3N)OCO4)c(C)c(=O)c2c1OC. The monoisotopic (exact) mass is 354 g/mol. The average Bonchev–Trinajstić information content (AvgIpc) is 3.10. The number of methoxy groups -OCH3 is 2. The first-order valence-corrected chi connectivity index (χ1v) is 8.02. The van der Waals surface area contributed by atoms with E-state index in [0.29, 0.717) is 56.4 Å². The number of nitrogens with two attached hydrogens (primary N) is 1. The van der Waals surface area contributed by atoms with Crippen molar-refractivity contribution < 1.29 is 18.9 Å². The third kappa shape index (κ3) is 2.24. The van der Waals surface area contributed by atoms with E-state index in [2.05, 4.69) is 4.98 Å². The first-order chi connectivity index (χ1) is 12.5. The Morgan fingerprint density at radius 2 is 1.85 bits per heavy atom. The Labute approximate surface area is 149 Å². The van der Waals surface area contributed by atoms with Gasteiger partial charge in [0.15, 0.2) is 28.4 Å². The van der Waals surface area contributed by atoms with Gasteiger partial charge in [0.05, 0.1) is 30.8 Å². The molecule has 0 atom stereocenters. The molecule has 26 heavy (non-hydrogen) atoms. The molecule has 1 aliphatic heterocycles. The van der Waals surface area contributed by atoms with E-state index in [-0.39, 0.29) is 12.2 Å². The van der Waals surface area contributed by atoms with Gasteiger partial charge in [-0.2, -0.15) is 0 Å². The fourth-order valence-electron chi connectivity index (χ4n) is 3.23. The summed E-state index contributed by atoms with van der Waals surface area (Å²) in [5.41, 5.74) is 8.99. The maximum Gasteiger partial charge on any atom is 0.231 e. The highest BCUT2D eigenvalue weighted by atomic mass is 16.7. The van der Waals surface area contributed by atoms with Crippen molar-refractivity contribution in [3.63, 3.8) is 0 Å². The van der Waals surface area contributed by atoms with Crippen LogP contribution in [0.4, 0.5) is 5.69 Å². The van der Waals surface area contributed by atoms with Crippen LogP contribution >= 0.6 is 0 Å². The number of rotatable bonds is 3. The second kappa shape index (κ2) is 5.87. The van der Waals surface area contributed by atoms with Crippen molar-refractivity contribution >= 4 is 16.6 Å². The van der Waals surface area contributed by atoms with Crippen molar-refractivity contribution in [3.8, 4) is 34.3 Å². The fraction of sp³-hybridized carbons (Fsp3) is 0.211. The minimum atomic E-state index is -0.151. The lowest BCUT2D eigenvalue weighted by molar-refractivity contribution is 0.174. The number of aromatic nitrogens is 1. The van der Waals surface area contributed by atoms with Crippen molar-refractivity contribution in [1.29, 1.82) is 0 Å². The van der Waals surface area contributed by atoms with E-state index in [1.54, 1.807) is 31.2 Å². The van der Waals surface area contributed by atoms with Gasteiger partial charge in [-0.25, -0.2) is 0 Å².